The van der Waals surface area contributed by atoms with Crippen LogP contribution in [0, 0.1) is 24.0 Å². The lowest BCUT2D eigenvalue weighted by Crippen LogP contribution is -2.62. The summed E-state index contributed by atoms with van der Waals surface area (Å²) < 4.78 is 59.5. The van der Waals surface area contributed by atoms with Gasteiger partial charge in [0, 0.05) is 42.5 Å². The van der Waals surface area contributed by atoms with Crippen molar-refractivity contribution in [3.05, 3.63) is 41.5 Å². The number of nitrogens with zero attached hydrogens (tertiary/aromatic N) is 5. The second kappa shape index (κ2) is 10.3. The normalized spacial score (nSPS) is 29.4. The van der Waals surface area contributed by atoms with E-state index in [2.05, 4.69) is 26.0 Å². The third-order valence-corrected chi connectivity index (χ3v) is 10.9. The zero-order valence-electron chi connectivity index (χ0n) is 25.8. The molecule has 5 aliphatic heterocycles. The fourth-order valence-electron chi connectivity index (χ4n) is 8.93. The molecule has 5 aliphatic rings. The monoisotopic (exact) mass is 642 g/mol. The Kier molecular flexibility index (Phi) is 6.34. The molecule has 2 aromatic heterocycles. The Morgan fingerprint density at radius 1 is 1.17 bits per heavy atom. The van der Waals surface area contributed by atoms with Crippen LogP contribution in [-0.4, -0.2) is 87.1 Å². The highest BCUT2D eigenvalue weighted by Gasteiger charge is 2.50. The van der Waals surface area contributed by atoms with E-state index in [1.807, 2.05) is 6.92 Å². The van der Waals surface area contributed by atoms with E-state index in [1.165, 1.54) is 24.3 Å². The predicted octanol–water partition coefficient (Wildman–Crippen LogP) is 4.86. The van der Waals surface area contributed by atoms with Gasteiger partial charge in [0.25, 0.3) is 0 Å². The van der Waals surface area contributed by atoms with Crippen molar-refractivity contribution in [2.24, 2.45) is 0 Å². The van der Waals surface area contributed by atoms with Gasteiger partial charge in [0.2, 0.25) is 5.88 Å². The van der Waals surface area contributed by atoms with Crippen molar-refractivity contribution < 1.29 is 27.8 Å². The smallest absolute Gasteiger partial charge is 0.319 e. The number of alkyl halides is 1. The second-order valence-electron chi connectivity index (χ2n) is 13.7. The van der Waals surface area contributed by atoms with Crippen LogP contribution in [0.5, 0.6) is 17.6 Å². The van der Waals surface area contributed by atoms with Gasteiger partial charge in [-0.25, -0.2) is 18.2 Å². The number of piperazine rings is 1. The van der Waals surface area contributed by atoms with E-state index < -0.39 is 23.3 Å². The van der Waals surface area contributed by atoms with Gasteiger partial charge in [0.05, 0.1) is 17.1 Å². The molecule has 4 saturated heterocycles. The summed E-state index contributed by atoms with van der Waals surface area (Å²) in [6.45, 7) is 3.95. The SMILES string of the molecule is C#Cc1c(F)ccc2cc(O)cc(-c3nc4c5c(nc(OC[C@@]67CCCN6C[C@H](F)C7)nc5c3F)N3C[C@H]5CC[C@H](N5)[C@H]3[C@@H](C)O4)c12. The number of nitrogens with one attached hydrogen (secondary N) is 1. The quantitative estimate of drug-likeness (QED) is 0.303. The first kappa shape index (κ1) is 28.8. The van der Waals surface area contributed by atoms with Gasteiger partial charge >= 0.3 is 6.01 Å². The summed E-state index contributed by atoms with van der Waals surface area (Å²) in [4.78, 5) is 18.5. The highest BCUT2D eigenvalue weighted by molar-refractivity contribution is 6.04. The Balaban J connectivity index is 1.26. The molecule has 47 heavy (non-hydrogen) atoms. The summed E-state index contributed by atoms with van der Waals surface area (Å²) in [5.74, 6) is 1.35. The van der Waals surface area contributed by atoms with Crippen molar-refractivity contribution >= 4 is 27.5 Å². The van der Waals surface area contributed by atoms with Gasteiger partial charge in [-0.3, -0.25) is 4.90 Å². The molecule has 2 bridgehead atoms. The number of hydrogen-bond acceptors (Lipinski definition) is 9. The summed E-state index contributed by atoms with van der Waals surface area (Å²) >= 11 is 0. The van der Waals surface area contributed by atoms with Crippen LogP contribution in [0.3, 0.4) is 0 Å². The van der Waals surface area contributed by atoms with Gasteiger partial charge < -0.3 is 24.8 Å². The molecule has 242 valence electrons. The lowest BCUT2D eigenvalue weighted by atomic mass is 9.95. The molecule has 0 unspecified atom stereocenters. The first-order valence-corrected chi connectivity index (χ1v) is 16.3. The predicted molar refractivity (Wildman–Crippen MR) is 170 cm³/mol. The molecule has 0 spiro atoms. The van der Waals surface area contributed by atoms with Gasteiger partial charge in [0.1, 0.15) is 52.9 Å². The van der Waals surface area contributed by atoms with Crippen molar-refractivity contribution in [1.82, 2.24) is 25.2 Å². The van der Waals surface area contributed by atoms with Crippen LogP contribution < -0.4 is 19.7 Å². The Labute approximate surface area is 269 Å². The summed E-state index contributed by atoms with van der Waals surface area (Å²) in [6.07, 6.45) is 8.51. The van der Waals surface area contributed by atoms with Gasteiger partial charge in [0.15, 0.2) is 5.82 Å². The number of hydrogen-bond donors (Lipinski definition) is 2. The molecule has 12 heteroatoms. The summed E-state index contributed by atoms with van der Waals surface area (Å²) in [6, 6.07) is 5.66. The third kappa shape index (κ3) is 4.29. The van der Waals surface area contributed by atoms with E-state index in [0.29, 0.717) is 36.1 Å². The van der Waals surface area contributed by atoms with E-state index in [4.69, 9.17) is 25.9 Å². The Morgan fingerprint density at radius 2 is 2.04 bits per heavy atom. The third-order valence-electron chi connectivity index (χ3n) is 10.9. The fraction of sp³-hybridized carbons (Fsp3) is 0.457. The summed E-state index contributed by atoms with van der Waals surface area (Å²) in [7, 11) is 0. The van der Waals surface area contributed by atoms with Gasteiger partial charge in [-0.15, -0.1) is 6.42 Å². The van der Waals surface area contributed by atoms with Crippen LogP contribution in [0.15, 0.2) is 24.3 Å². The zero-order chi connectivity index (χ0) is 32.2. The topological polar surface area (TPSA) is 95.9 Å². The largest absolute Gasteiger partial charge is 0.508 e. The maximum Gasteiger partial charge on any atom is 0.319 e. The summed E-state index contributed by atoms with van der Waals surface area (Å²) in [5.41, 5.74) is -0.702. The number of halogens is 3. The Hall–Kier alpha value is -4.34. The van der Waals surface area contributed by atoms with E-state index in [-0.39, 0.29) is 76.2 Å². The number of phenolic OH excluding ortho intramolecular Hbond substituents is 1. The molecule has 2 N–H and O–H groups in total. The molecule has 4 aromatic rings. The van der Waals surface area contributed by atoms with Crippen LogP contribution in [-0.2, 0) is 0 Å². The number of fused-ring (bicyclic) bond motifs is 7. The zero-order valence-corrected chi connectivity index (χ0v) is 25.8. The van der Waals surface area contributed by atoms with E-state index >= 15 is 4.39 Å². The molecule has 4 fully saturated rings. The number of anilines is 1. The fourth-order valence-corrected chi connectivity index (χ4v) is 8.93. The number of aromatic hydroxyl groups is 1. The van der Waals surface area contributed by atoms with Crippen molar-refractivity contribution in [2.45, 2.75) is 75.0 Å². The summed E-state index contributed by atoms with van der Waals surface area (Å²) in [5, 5.41) is 15.3. The van der Waals surface area contributed by atoms with Crippen molar-refractivity contribution in [2.75, 3.05) is 31.1 Å². The van der Waals surface area contributed by atoms with Gasteiger partial charge in [-0.05, 0) is 62.7 Å². The molecule has 0 amide bonds. The molecule has 6 atom stereocenters. The molecule has 9 nitrogen and oxygen atoms in total. The molecule has 7 heterocycles. The Morgan fingerprint density at radius 3 is 2.89 bits per heavy atom. The number of aromatic nitrogens is 3. The number of terminal acetylenes is 1. The highest BCUT2D eigenvalue weighted by Crippen LogP contribution is 2.46. The van der Waals surface area contributed by atoms with E-state index in [9.17, 15) is 13.9 Å². The van der Waals surface area contributed by atoms with Crippen LogP contribution >= 0.6 is 0 Å². The standard InChI is InChI=1S/C35H33F3N6O3/c1-3-22-24(37)7-5-18-11-21(45)12-23(26(18)22)29-28(38)30-27-32(42-34(41-30)46-16-35-9-4-10-43(35)14-19(36)13-35)44-15-20-6-8-25(39-20)31(44)17(2)47-33(27)40-29/h1,5,7,11-12,17,19-20,25,31,39,45H,4,6,8-10,13-16H2,2H3/t17-,19-,20-,25+,31-,35+/m1/s1. The average Bonchev–Trinajstić information content (AvgIpc) is 3.69. The number of ether oxygens (including phenoxy) is 2. The lowest BCUT2D eigenvalue weighted by Gasteiger charge is -2.42. The number of rotatable bonds is 4. The molecule has 9 rings (SSSR count). The van der Waals surface area contributed by atoms with Gasteiger partial charge in [-0.2, -0.15) is 9.97 Å². The molecule has 0 radical (unpaired) electrons. The van der Waals surface area contributed by atoms with Crippen molar-refractivity contribution in [1.29, 1.82) is 0 Å². The van der Waals surface area contributed by atoms with Crippen LogP contribution in [0.1, 0.15) is 44.6 Å². The van der Waals surface area contributed by atoms with Crippen LogP contribution in [0.2, 0.25) is 0 Å². The highest BCUT2D eigenvalue weighted by atomic mass is 19.1. The van der Waals surface area contributed by atoms with E-state index in [1.54, 1.807) is 0 Å². The number of pyridine rings is 1. The minimum absolute atomic E-state index is 0.0201. The number of phenols is 1. The molecular formula is C35H33F3N6O3. The van der Waals surface area contributed by atoms with Crippen molar-refractivity contribution in [3.8, 4) is 41.2 Å². The lowest BCUT2D eigenvalue weighted by molar-refractivity contribution is 0.107. The first-order valence-electron chi connectivity index (χ1n) is 16.3. The van der Waals surface area contributed by atoms with Crippen LogP contribution in [0.4, 0.5) is 19.0 Å². The Bertz CT molecular complexity index is 2020. The molecule has 0 saturated carbocycles. The maximum atomic E-state index is 17.1. The van der Waals surface area contributed by atoms with Gasteiger partial charge in [-0.1, -0.05) is 12.0 Å². The average molecular weight is 643 g/mol. The van der Waals surface area contributed by atoms with Crippen LogP contribution in [0.25, 0.3) is 32.9 Å². The molecule has 0 aliphatic carbocycles. The minimum Gasteiger partial charge on any atom is -0.508 e. The molecule has 2 aromatic carbocycles. The molecular weight excluding hydrogens is 609 g/mol. The minimum atomic E-state index is -0.930. The first-order chi connectivity index (χ1) is 22.7. The second-order valence-corrected chi connectivity index (χ2v) is 13.7. The van der Waals surface area contributed by atoms with Crippen molar-refractivity contribution in [3.63, 3.8) is 0 Å². The van der Waals surface area contributed by atoms with E-state index in [0.717, 1.165) is 32.2 Å². The maximum absolute atomic E-state index is 17.1. The number of benzene rings is 2.